The first-order valence-electron chi connectivity index (χ1n) is 5.95. The maximum atomic E-state index is 11.9. The second-order valence-corrected chi connectivity index (χ2v) is 4.30. The molecule has 1 saturated heterocycles. The van der Waals surface area contributed by atoms with E-state index in [0.717, 1.165) is 13.1 Å². The summed E-state index contributed by atoms with van der Waals surface area (Å²) in [5.41, 5.74) is 0.583. The van der Waals surface area contributed by atoms with Gasteiger partial charge in [-0.15, -0.1) is 12.4 Å². The third-order valence-electron chi connectivity index (χ3n) is 3.06. The number of benzene rings is 1. The van der Waals surface area contributed by atoms with Crippen LogP contribution in [0.25, 0.3) is 0 Å². The summed E-state index contributed by atoms with van der Waals surface area (Å²) in [7, 11) is 3.13. The highest BCUT2D eigenvalue weighted by molar-refractivity contribution is 5.94. The minimum atomic E-state index is -0.0807. The zero-order valence-corrected chi connectivity index (χ0v) is 11.9. The van der Waals surface area contributed by atoms with Crippen molar-refractivity contribution in [2.24, 2.45) is 5.92 Å². The molecule has 5 nitrogen and oxygen atoms in total. The lowest BCUT2D eigenvalue weighted by molar-refractivity contribution is 0.0942. The van der Waals surface area contributed by atoms with Crippen molar-refractivity contribution in [2.45, 2.75) is 0 Å². The van der Waals surface area contributed by atoms with E-state index in [2.05, 4.69) is 10.6 Å². The normalized spacial score (nSPS) is 14.0. The first-order valence-corrected chi connectivity index (χ1v) is 5.95. The monoisotopic (exact) mass is 286 g/mol. The van der Waals surface area contributed by atoms with Crippen LogP contribution in [0.1, 0.15) is 10.4 Å². The molecule has 1 amide bonds. The van der Waals surface area contributed by atoms with Gasteiger partial charge in [-0.25, -0.2) is 0 Å². The van der Waals surface area contributed by atoms with E-state index >= 15 is 0 Å². The van der Waals surface area contributed by atoms with E-state index < -0.39 is 0 Å². The van der Waals surface area contributed by atoms with Gasteiger partial charge >= 0.3 is 0 Å². The largest absolute Gasteiger partial charge is 0.493 e. The Morgan fingerprint density at radius 2 is 2.00 bits per heavy atom. The fourth-order valence-corrected chi connectivity index (χ4v) is 1.81. The van der Waals surface area contributed by atoms with Crippen molar-refractivity contribution in [3.05, 3.63) is 23.8 Å². The number of nitrogens with one attached hydrogen (secondary N) is 2. The number of carbonyl (C=O) groups is 1. The number of methoxy groups -OCH3 is 2. The van der Waals surface area contributed by atoms with Gasteiger partial charge in [0.1, 0.15) is 0 Å². The summed E-state index contributed by atoms with van der Waals surface area (Å²) in [4.78, 5) is 11.9. The van der Waals surface area contributed by atoms with Gasteiger partial charge in [-0.1, -0.05) is 0 Å². The summed E-state index contributed by atoms with van der Waals surface area (Å²) < 4.78 is 10.3. The highest BCUT2D eigenvalue weighted by Gasteiger charge is 2.18. The number of halogens is 1. The van der Waals surface area contributed by atoms with Gasteiger partial charge in [0.15, 0.2) is 11.5 Å². The zero-order chi connectivity index (χ0) is 13.0. The van der Waals surface area contributed by atoms with Crippen LogP contribution in [0.5, 0.6) is 11.5 Å². The highest BCUT2D eigenvalue weighted by atomic mass is 35.5. The van der Waals surface area contributed by atoms with Crippen molar-refractivity contribution < 1.29 is 14.3 Å². The summed E-state index contributed by atoms with van der Waals surface area (Å²) in [6.07, 6.45) is 0. The molecule has 0 saturated carbocycles. The Hall–Kier alpha value is -1.46. The molecule has 6 heteroatoms. The molecular weight excluding hydrogens is 268 g/mol. The van der Waals surface area contributed by atoms with Gasteiger partial charge in [-0.3, -0.25) is 4.79 Å². The van der Waals surface area contributed by atoms with Crippen molar-refractivity contribution in [2.75, 3.05) is 33.9 Å². The molecular formula is C13H19ClN2O3. The van der Waals surface area contributed by atoms with Crippen LogP contribution in [0.3, 0.4) is 0 Å². The number of hydrogen-bond donors (Lipinski definition) is 2. The van der Waals surface area contributed by atoms with E-state index in [0.29, 0.717) is 29.5 Å². The summed E-state index contributed by atoms with van der Waals surface area (Å²) in [6.45, 7) is 2.67. The lowest BCUT2D eigenvalue weighted by Gasteiger charge is -2.27. The van der Waals surface area contributed by atoms with E-state index in [1.165, 1.54) is 0 Å². The highest BCUT2D eigenvalue weighted by Crippen LogP contribution is 2.27. The zero-order valence-electron chi connectivity index (χ0n) is 11.1. The number of amides is 1. The first kappa shape index (κ1) is 15.6. The standard InChI is InChI=1S/C13H18N2O3.ClH/c1-17-11-4-3-10(5-12(11)18-2)13(16)15-8-9-6-14-7-9;/h3-5,9,14H,6-8H2,1-2H3,(H,15,16);1H. The minimum absolute atomic E-state index is 0. The number of hydrogen-bond acceptors (Lipinski definition) is 4. The smallest absolute Gasteiger partial charge is 0.251 e. The van der Waals surface area contributed by atoms with Crippen LogP contribution in [0.2, 0.25) is 0 Å². The Balaban J connectivity index is 0.00000180. The summed E-state index contributed by atoms with van der Waals surface area (Å²) >= 11 is 0. The number of carbonyl (C=O) groups excluding carboxylic acids is 1. The molecule has 19 heavy (non-hydrogen) atoms. The molecule has 106 valence electrons. The lowest BCUT2D eigenvalue weighted by atomic mass is 10.0. The van der Waals surface area contributed by atoms with E-state index in [-0.39, 0.29) is 18.3 Å². The minimum Gasteiger partial charge on any atom is -0.493 e. The molecule has 2 N–H and O–H groups in total. The van der Waals surface area contributed by atoms with Crippen molar-refractivity contribution in [3.63, 3.8) is 0 Å². The van der Waals surface area contributed by atoms with Crippen LogP contribution in [-0.2, 0) is 0 Å². The van der Waals surface area contributed by atoms with Gasteiger partial charge in [-0.2, -0.15) is 0 Å². The molecule has 1 aliphatic rings. The summed E-state index contributed by atoms with van der Waals surface area (Å²) in [5, 5.41) is 6.08. The molecule has 0 spiro atoms. The topological polar surface area (TPSA) is 59.6 Å². The molecule has 1 aromatic carbocycles. The predicted molar refractivity (Wildman–Crippen MR) is 75.5 cm³/mol. The van der Waals surface area contributed by atoms with Gasteiger partial charge in [-0.05, 0) is 18.2 Å². The Labute approximate surface area is 119 Å². The fourth-order valence-electron chi connectivity index (χ4n) is 1.81. The average molecular weight is 287 g/mol. The average Bonchev–Trinajstić information content (AvgIpc) is 2.35. The van der Waals surface area contributed by atoms with Gasteiger partial charge in [0.05, 0.1) is 14.2 Å². The van der Waals surface area contributed by atoms with E-state index in [1.54, 1.807) is 32.4 Å². The molecule has 0 bridgehead atoms. The van der Waals surface area contributed by atoms with Gasteiger partial charge in [0.2, 0.25) is 0 Å². The maximum Gasteiger partial charge on any atom is 0.251 e. The van der Waals surface area contributed by atoms with Gasteiger partial charge in [0, 0.05) is 31.1 Å². The first-order chi connectivity index (χ1) is 8.74. The van der Waals surface area contributed by atoms with E-state index in [1.807, 2.05) is 0 Å². The molecule has 0 atom stereocenters. The maximum absolute atomic E-state index is 11.9. The quantitative estimate of drug-likeness (QED) is 0.850. The van der Waals surface area contributed by atoms with E-state index in [9.17, 15) is 4.79 Å². The molecule has 0 aromatic heterocycles. The van der Waals surface area contributed by atoms with Gasteiger partial charge < -0.3 is 20.1 Å². The molecule has 0 aliphatic carbocycles. The SMILES string of the molecule is COc1ccc(C(=O)NCC2CNC2)cc1OC.Cl. The van der Waals surface area contributed by atoms with Crippen LogP contribution in [0, 0.1) is 5.92 Å². The van der Waals surface area contributed by atoms with Crippen LogP contribution >= 0.6 is 12.4 Å². The van der Waals surface area contributed by atoms with Crippen LogP contribution in [0.15, 0.2) is 18.2 Å². The van der Waals surface area contributed by atoms with E-state index in [4.69, 9.17) is 9.47 Å². The molecule has 0 radical (unpaired) electrons. The molecule has 1 fully saturated rings. The van der Waals surface area contributed by atoms with Crippen LogP contribution < -0.4 is 20.1 Å². The number of ether oxygens (including phenoxy) is 2. The van der Waals surface area contributed by atoms with Gasteiger partial charge in [0.25, 0.3) is 5.91 Å². The molecule has 0 unspecified atom stereocenters. The summed E-state index contributed by atoms with van der Waals surface area (Å²) in [5.74, 6) is 1.66. The lowest BCUT2D eigenvalue weighted by Crippen LogP contribution is -2.48. The van der Waals surface area contributed by atoms with Crippen molar-refractivity contribution in [3.8, 4) is 11.5 Å². The Bertz CT molecular complexity index is 436. The predicted octanol–water partition coefficient (Wildman–Crippen LogP) is 1.07. The van der Waals surface area contributed by atoms with Crippen molar-refractivity contribution in [1.82, 2.24) is 10.6 Å². The molecule has 2 rings (SSSR count). The fraction of sp³-hybridized carbons (Fsp3) is 0.462. The molecule has 1 aliphatic heterocycles. The number of rotatable bonds is 5. The molecule has 1 heterocycles. The second-order valence-electron chi connectivity index (χ2n) is 4.30. The second kappa shape index (κ2) is 7.21. The summed E-state index contributed by atoms with van der Waals surface area (Å²) in [6, 6.07) is 5.15. The Morgan fingerprint density at radius 1 is 1.32 bits per heavy atom. The Kier molecular flexibility index (Phi) is 5.92. The van der Waals surface area contributed by atoms with Crippen molar-refractivity contribution >= 4 is 18.3 Å². The van der Waals surface area contributed by atoms with Crippen LogP contribution in [0.4, 0.5) is 0 Å². The van der Waals surface area contributed by atoms with Crippen molar-refractivity contribution in [1.29, 1.82) is 0 Å². The third-order valence-corrected chi connectivity index (χ3v) is 3.06. The van der Waals surface area contributed by atoms with Crippen LogP contribution in [-0.4, -0.2) is 39.8 Å². The third kappa shape index (κ3) is 3.75. The Morgan fingerprint density at radius 3 is 2.53 bits per heavy atom. The molecule has 1 aromatic rings.